The third kappa shape index (κ3) is 3.49. The van der Waals surface area contributed by atoms with Gasteiger partial charge in [-0.05, 0) is 55.2 Å². The molecule has 8 heteroatoms. The molecule has 0 spiro atoms. The molecule has 5 aromatic heterocycles. The zero-order valence-electron chi connectivity index (χ0n) is 20.0. The molecule has 6 rings (SSSR count). The van der Waals surface area contributed by atoms with Crippen LogP contribution in [-0.4, -0.2) is 50.7 Å². The standard InChI is InChI=1S/C26H29N7S/c1-15(2)23-24(18-11-16(3)26-28-14-29-33(26)13-18)31-20-12-21(34-25(20)23)19-5-6-22(30-17(19)4)32-9-7-27-8-10-32/h5-6,11-15,27,31H,7-10H2,1-4H3. The minimum Gasteiger partial charge on any atom is -0.354 e. The van der Waals surface area contributed by atoms with Gasteiger partial charge in [0.05, 0.1) is 15.9 Å². The van der Waals surface area contributed by atoms with Gasteiger partial charge in [-0.3, -0.25) is 0 Å². The molecule has 1 aliphatic rings. The Morgan fingerprint density at radius 2 is 1.91 bits per heavy atom. The molecule has 0 atom stereocenters. The third-order valence-corrected chi connectivity index (χ3v) is 7.91. The van der Waals surface area contributed by atoms with Gasteiger partial charge >= 0.3 is 0 Å². The number of pyridine rings is 2. The van der Waals surface area contributed by atoms with E-state index in [1.807, 2.05) is 15.9 Å². The van der Waals surface area contributed by atoms with Crippen molar-refractivity contribution in [2.75, 3.05) is 31.1 Å². The summed E-state index contributed by atoms with van der Waals surface area (Å²) in [6.45, 7) is 12.8. The Kier molecular flexibility index (Phi) is 5.15. The number of thiophene rings is 1. The highest BCUT2D eigenvalue weighted by molar-refractivity contribution is 7.22. The number of aromatic nitrogens is 5. The smallest absolute Gasteiger partial charge is 0.158 e. The molecule has 0 aliphatic carbocycles. The molecule has 6 heterocycles. The fourth-order valence-corrected chi connectivity index (χ4v) is 6.41. The first-order valence-corrected chi connectivity index (χ1v) is 12.7. The van der Waals surface area contributed by atoms with E-state index in [2.05, 4.69) is 83.4 Å². The SMILES string of the molecule is Cc1nc(N2CCNCC2)ccc1-c1cc2[nH]c(-c3cc(C)c4ncnn4c3)c(C(C)C)c2s1. The predicted molar refractivity (Wildman–Crippen MR) is 140 cm³/mol. The monoisotopic (exact) mass is 471 g/mol. The van der Waals surface area contributed by atoms with Crippen molar-refractivity contribution in [1.82, 2.24) is 29.9 Å². The summed E-state index contributed by atoms with van der Waals surface area (Å²) in [7, 11) is 0. The average Bonchev–Trinajstić information content (AvgIpc) is 3.53. The van der Waals surface area contributed by atoms with E-state index in [4.69, 9.17) is 4.98 Å². The Hall–Kier alpha value is -3.23. The maximum absolute atomic E-state index is 4.96. The van der Waals surface area contributed by atoms with Crippen molar-refractivity contribution in [3.05, 3.63) is 53.6 Å². The highest BCUT2D eigenvalue weighted by atomic mass is 32.1. The number of H-pyrrole nitrogens is 1. The summed E-state index contributed by atoms with van der Waals surface area (Å²) in [5.74, 6) is 1.46. The molecule has 0 unspecified atom stereocenters. The van der Waals surface area contributed by atoms with Gasteiger partial charge in [-0.15, -0.1) is 11.3 Å². The van der Waals surface area contributed by atoms with Gasteiger partial charge in [0.25, 0.3) is 0 Å². The van der Waals surface area contributed by atoms with Crippen LogP contribution in [0.1, 0.15) is 36.6 Å². The topological polar surface area (TPSA) is 74.1 Å². The summed E-state index contributed by atoms with van der Waals surface area (Å²) in [4.78, 5) is 16.7. The fourth-order valence-electron chi connectivity index (χ4n) is 5.02. The van der Waals surface area contributed by atoms with Crippen LogP contribution < -0.4 is 10.2 Å². The van der Waals surface area contributed by atoms with Crippen molar-refractivity contribution in [2.24, 2.45) is 0 Å². The molecule has 1 fully saturated rings. The molecule has 2 N–H and O–H groups in total. The Labute approximate surface area is 202 Å². The van der Waals surface area contributed by atoms with Crippen LogP contribution in [0.15, 0.2) is 36.8 Å². The summed E-state index contributed by atoms with van der Waals surface area (Å²) in [5, 5.41) is 7.78. The maximum Gasteiger partial charge on any atom is 0.158 e. The molecule has 1 saturated heterocycles. The van der Waals surface area contributed by atoms with Gasteiger partial charge in [0, 0.05) is 54.1 Å². The van der Waals surface area contributed by atoms with Gasteiger partial charge in [0.15, 0.2) is 5.65 Å². The zero-order valence-corrected chi connectivity index (χ0v) is 20.8. The van der Waals surface area contributed by atoms with E-state index in [1.54, 1.807) is 6.33 Å². The number of hydrogen-bond acceptors (Lipinski definition) is 6. The fraction of sp³-hybridized carbons (Fsp3) is 0.346. The molecule has 5 aromatic rings. The van der Waals surface area contributed by atoms with Gasteiger partial charge in [0.1, 0.15) is 12.1 Å². The number of anilines is 1. The normalized spacial score (nSPS) is 14.7. The summed E-state index contributed by atoms with van der Waals surface area (Å²) < 4.78 is 3.19. The van der Waals surface area contributed by atoms with Crippen LogP contribution in [0.3, 0.4) is 0 Å². The van der Waals surface area contributed by atoms with E-state index < -0.39 is 0 Å². The summed E-state index contributed by atoms with van der Waals surface area (Å²) >= 11 is 1.86. The second-order valence-corrected chi connectivity index (χ2v) is 10.5. The number of aromatic amines is 1. The highest BCUT2D eigenvalue weighted by Crippen LogP contribution is 2.43. The number of hydrogen-bond donors (Lipinski definition) is 2. The second kappa shape index (κ2) is 8.21. The minimum absolute atomic E-state index is 0.385. The first kappa shape index (κ1) is 21.3. The molecule has 0 radical (unpaired) electrons. The lowest BCUT2D eigenvalue weighted by Gasteiger charge is -2.28. The predicted octanol–water partition coefficient (Wildman–Crippen LogP) is 5.15. The van der Waals surface area contributed by atoms with Crippen molar-refractivity contribution >= 4 is 33.0 Å². The van der Waals surface area contributed by atoms with Crippen LogP contribution in [0.5, 0.6) is 0 Å². The zero-order chi connectivity index (χ0) is 23.4. The van der Waals surface area contributed by atoms with Gasteiger partial charge in [-0.25, -0.2) is 14.5 Å². The summed E-state index contributed by atoms with van der Waals surface area (Å²) in [6.07, 6.45) is 3.68. The Bertz CT molecular complexity index is 1500. The molecular formula is C26H29N7S. The van der Waals surface area contributed by atoms with Crippen molar-refractivity contribution in [1.29, 1.82) is 0 Å². The van der Waals surface area contributed by atoms with Crippen LogP contribution in [0.25, 0.3) is 37.6 Å². The summed E-state index contributed by atoms with van der Waals surface area (Å²) in [6, 6.07) is 8.90. The van der Waals surface area contributed by atoms with Crippen LogP contribution in [0.2, 0.25) is 0 Å². The molecular weight excluding hydrogens is 442 g/mol. The van der Waals surface area contributed by atoms with E-state index in [-0.39, 0.29) is 0 Å². The lowest BCUT2D eigenvalue weighted by Crippen LogP contribution is -2.43. The average molecular weight is 472 g/mol. The van der Waals surface area contributed by atoms with E-state index in [0.717, 1.165) is 54.5 Å². The molecule has 1 aliphatic heterocycles. The number of fused-ring (bicyclic) bond motifs is 2. The number of rotatable bonds is 4. The molecule has 34 heavy (non-hydrogen) atoms. The van der Waals surface area contributed by atoms with Crippen molar-refractivity contribution in [3.8, 4) is 21.7 Å². The van der Waals surface area contributed by atoms with Gasteiger partial charge in [-0.2, -0.15) is 5.10 Å². The number of piperazine rings is 1. The first-order chi connectivity index (χ1) is 16.5. The van der Waals surface area contributed by atoms with E-state index >= 15 is 0 Å². The maximum atomic E-state index is 4.96. The largest absolute Gasteiger partial charge is 0.354 e. The minimum atomic E-state index is 0.385. The highest BCUT2D eigenvalue weighted by Gasteiger charge is 2.21. The molecule has 0 amide bonds. The Balaban J connectivity index is 1.42. The van der Waals surface area contributed by atoms with Gasteiger partial charge in [-0.1, -0.05) is 13.8 Å². The van der Waals surface area contributed by atoms with Crippen LogP contribution >= 0.6 is 11.3 Å². The Morgan fingerprint density at radius 3 is 2.68 bits per heavy atom. The van der Waals surface area contributed by atoms with Crippen molar-refractivity contribution in [3.63, 3.8) is 0 Å². The van der Waals surface area contributed by atoms with E-state index in [9.17, 15) is 0 Å². The van der Waals surface area contributed by atoms with Crippen LogP contribution in [0, 0.1) is 13.8 Å². The van der Waals surface area contributed by atoms with Crippen molar-refractivity contribution in [2.45, 2.75) is 33.6 Å². The van der Waals surface area contributed by atoms with E-state index in [1.165, 1.54) is 31.9 Å². The number of aryl methyl sites for hydroxylation is 2. The first-order valence-electron chi connectivity index (χ1n) is 11.9. The summed E-state index contributed by atoms with van der Waals surface area (Å²) in [5.41, 5.74) is 9.17. The third-order valence-electron chi connectivity index (χ3n) is 6.71. The molecule has 174 valence electrons. The van der Waals surface area contributed by atoms with Crippen LogP contribution in [0.4, 0.5) is 5.82 Å². The second-order valence-electron chi connectivity index (χ2n) is 9.40. The Morgan fingerprint density at radius 1 is 1.09 bits per heavy atom. The quantitative estimate of drug-likeness (QED) is 0.379. The molecule has 7 nitrogen and oxygen atoms in total. The van der Waals surface area contributed by atoms with Crippen molar-refractivity contribution < 1.29 is 0 Å². The molecule has 0 saturated carbocycles. The molecule has 0 bridgehead atoms. The lowest BCUT2D eigenvalue weighted by molar-refractivity contribution is 0.584. The number of nitrogens with one attached hydrogen (secondary N) is 2. The van der Waals surface area contributed by atoms with Gasteiger partial charge < -0.3 is 15.2 Å². The number of nitrogens with zero attached hydrogens (tertiary/aromatic N) is 5. The van der Waals surface area contributed by atoms with Crippen LogP contribution in [-0.2, 0) is 0 Å². The molecule has 0 aromatic carbocycles. The lowest BCUT2D eigenvalue weighted by atomic mass is 9.99. The van der Waals surface area contributed by atoms with E-state index in [0.29, 0.717) is 5.92 Å². The van der Waals surface area contributed by atoms with Gasteiger partial charge in [0.2, 0.25) is 0 Å².